The fourth-order valence-corrected chi connectivity index (χ4v) is 4.31. The van der Waals surface area contributed by atoms with Crippen molar-refractivity contribution in [3.8, 4) is 0 Å². The number of thioether (sulfide) groups is 1. The van der Waals surface area contributed by atoms with E-state index in [1.54, 1.807) is 45.2 Å². The average molecular weight is 542 g/mol. The van der Waals surface area contributed by atoms with Crippen LogP contribution in [0.1, 0.15) is 19.4 Å². The van der Waals surface area contributed by atoms with Crippen molar-refractivity contribution in [2.75, 3.05) is 38.4 Å². The molecule has 0 fully saturated rings. The van der Waals surface area contributed by atoms with E-state index in [1.807, 2.05) is 24.3 Å². The van der Waals surface area contributed by atoms with Gasteiger partial charge < -0.3 is 14.6 Å². The lowest BCUT2D eigenvalue weighted by molar-refractivity contribution is -0.138. The molecule has 35 heavy (non-hydrogen) atoms. The molecule has 0 atom stereocenters. The van der Waals surface area contributed by atoms with Gasteiger partial charge in [-0.25, -0.2) is 0 Å². The molecule has 0 saturated carbocycles. The first-order valence-corrected chi connectivity index (χ1v) is 11.9. The number of benzene rings is 2. The molecule has 0 radical (unpaired) electrons. The Kier molecular flexibility index (Phi) is 10.9. The molecule has 2 aromatic rings. The number of ether oxygens (including phenoxy) is 2. The Bertz CT molecular complexity index is 1050. The molecule has 11 heteroatoms. The summed E-state index contributed by atoms with van der Waals surface area (Å²) < 4.78 is 9.95. The molecule has 0 bridgehead atoms. The maximum absolute atomic E-state index is 12.4. The van der Waals surface area contributed by atoms with Crippen molar-refractivity contribution < 1.29 is 24.2 Å². The topological polar surface area (TPSA) is 91.7 Å². The summed E-state index contributed by atoms with van der Waals surface area (Å²) in [7, 11) is 1.64. The second-order valence-electron chi connectivity index (χ2n) is 8.23. The summed E-state index contributed by atoms with van der Waals surface area (Å²) in [6.07, 6.45) is 0. The minimum Gasteiger partial charge on any atom is -0.480 e. The first-order chi connectivity index (χ1) is 16.2. The lowest BCUT2D eigenvalue weighted by Gasteiger charge is -2.28. The second-order valence-corrected chi connectivity index (χ2v) is 10.4. The first kappa shape index (κ1) is 28.9. The summed E-state index contributed by atoms with van der Waals surface area (Å²) in [5, 5.41) is 15.6. The number of carbonyl (C=O) groups excluding carboxylic acids is 1. The third-order valence-electron chi connectivity index (χ3n) is 5.05. The molecule has 0 spiro atoms. The zero-order chi connectivity index (χ0) is 24.7. The second kappa shape index (κ2) is 13.1. The molecule has 1 amide bonds. The van der Waals surface area contributed by atoms with E-state index in [4.69, 9.17) is 21.1 Å². The van der Waals surface area contributed by atoms with Gasteiger partial charge in [0, 0.05) is 30.1 Å². The number of hydrazone groups is 1. The van der Waals surface area contributed by atoms with Crippen molar-refractivity contribution in [3.63, 3.8) is 0 Å². The van der Waals surface area contributed by atoms with Gasteiger partial charge in [0.1, 0.15) is 4.75 Å². The number of anilines is 1. The van der Waals surface area contributed by atoms with E-state index in [2.05, 4.69) is 10.0 Å². The van der Waals surface area contributed by atoms with Crippen LogP contribution in [0.25, 0.3) is 0 Å². The molecular weight excluding hydrogens is 513 g/mol. The number of aliphatic carboxylic acids is 1. The van der Waals surface area contributed by atoms with Crippen LogP contribution in [0.3, 0.4) is 0 Å². The van der Waals surface area contributed by atoms with E-state index in [0.717, 1.165) is 10.5 Å². The van der Waals surface area contributed by atoms with Crippen molar-refractivity contribution in [3.05, 3.63) is 59.1 Å². The minimum atomic E-state index is -0.908. The Morgan fingerprint density at radius 1 is 1.26 bits per heavy atom. The summed E-state index contributed by atoms with van der Waals surface area (Å²) in [5.41, 5.74) is 1.63. The van der Waals surface area contributed by atoms with E-state index >= 15 is 0 Å². The van der Waals surface area contributed by atoms with Gasteiger partial charge in [0.05, 0.1) is 18.8 Å². The molecular formula is C24H29Cl2N3O5S. The highest BCUT2D eigenvalue weighted by atomic mass is 35.5. The monoisotopic (exact) mass is 541 g/mol. The molecule has 1 N–H and O–H groups in total. The maximum Gasteiger partial charge on any atom is 0.319 e. The van der Waals surface area contributed by atoms with Gasteiger partial charge in [-0.2, -0.15) is 5.01 Å². The van der Waals surface area contributed by atoms with E-state index in [9.17, 15) is 14.7 Å². The molecule has 190 valence electrons. The molecule has 1 aliphatic heterocycles. The standard InChI is InChI=1S/C24H28ClN3O5S.ClH/c1-24(2,23(30)31)34-20-9-7-17(8-10-20)14-27(11-12-32-3)15-21-26-28(22(29)16-33-21)19-6-4-5-18(25)13-19;/h4-10,13H,11-12,14-16H2,1-3H3,(H,30,31);1H. The lowest BCUT2D eigenvalue weighted by Crippen LogP contribution is -2.41. The van der Waals surface area contributed by atoms with Crippen molar-refractivity contribution >= 4 is 59.2 Å². The molecule has 2 aromatic carbocycles. The van der Waals surface area contributed by atoms with Gasteiger partial charge in [-0.05, 0) is 49.7 Å². The predicted molar refractivity (Wildman–Crippen MR) is 141 cm³/mol. The van der Waals surface area contributed by atoms with Gasteiger partial charge in [0.25, 0.3) is 5.91 Å². The van der Waals surface area contributed by atoms with Crippen LogP contribution in [-0.2, 0) is 25.6 Å². The van der Waals surface area contributed by atoms with E-state index < -0.39 is 10.7 Å². The number of amides is 1. The minimum absolute atomic E-state index is 0. The largest absolute Gasteiger partial charge is 0.480 e. The number of methoxy groups -OCH3 is 1. The van der Waals surface area contributed by atoms with Crippen molar-refractivity contribution in [1.82, 2.24) is 4.90 Å². The SMILES string of the molecule is COCCN(CC1=NN(c2cccc(Cl)c2)C(=O)CO1)Cc1ccc(SC(C)(C)C(=O)O)cc1.Cl. The fourth-order valence-electron chi connectivity index (χ4n) is 3.17. The van der Waals surface area contributed by atoms with Crippen molar-refractivity contribution in [1.29, 1.82) is 0 Å². The highest BCUT2D eigenvalue weighted by Gasteiger charge is 2.28. The van der Waals surface area contributed by atoms with Crippen LogP contribution in [0.15, 0.2) is 58.5 Å². The van der Waals surface area contributed by atoms with Gasteiger partial charge in [-0.1, -0.05) is 29.8 Å². The predicted octanol–water partition coefficient (Wildman–Crippen LogP) is 4.54. The molecule has 0 saturated heterocycles. The smallest absolute Gasteiger partial charge is 0.319 e. The normalized spacial score (nSPS) is 13.8. The Hall–Kier alpha value is -2.30. The Morgan fingerprint density at radius 3 is 2.60 bits per heavy atom. The fraction of sp³-hybridized carbons (Fsp3) is 0.375. The van der Waals surface area contributed by atoms with Crippen LogP contribution in [0, 0.1) is 0 Å². The highest BCUT2D eigenvalue weighted by molar-refractivity contribution is 8.01. The lowest BCUT2D eigenvalue weighted by atomic mass is 10.2. The van der Waals surface area contributed by atoms with Gasteiger partial charge in [-0.15, -0.1) is 29.3 Å². The highest BCUT2D eigenvalue weighted by Crippen LogP contribution is 2.32. The number of halogens is 2. The number of carboxylic acid groups (broad SMARTS) is 1. The summed E-state index contributed by atoms with van der Waals surface area (Å²) >= 11 is 7.38. The van der Waals surface area contributed by atoms with Gasteiger partial charge >= 0.3 is 5.97 Å². The molecule has 1 aliphatic rings. The maximum atomic E-state index is 12.4. The van der Waals surface area contributed by atoms with Crippen LogP contribution < -0.4 is 5.01 Å². The third-order valence-corrected chi connectivity index (χ3v) is 6.48. The number of carbonyl (C=O) groups is 2. The number of nitrogens with zero attached hydrogens (tertiary/aromatic N) is 3. The summed E-state index contributed by atoms with van der Waals surface area (Å²) in [4.78, 5) is 26.7. The Morgan fingerprint density at radius 2 is 1.97 bits per heavy atom. The average Bonchev–Trinajstić information content (AvgIpc) is 2.79. The third kappa shape index (κ3) is 8.40. The van der Waals surface area contributed by atoms with E-state index in [0.29, 0.717) is 42.8 Å². The number of hydrogen-bond acceptors (Lipinski definition) is 7. The molecule has 0 unspecified atom stereocenters. The Labute approximate surface area is 220 Å². The van der Waals surface area contributed by atoms with Crippen molar-refractivity contribution in [2.24, 2.45) is 5.10 Å². The zero-order valence-electron chi connectivity index (χ0n) is 19.8. The van der Waals surface area contributed by atoms with Crippen LogP contribution in [0.2, 0.25) is 5.02 Å². The van der Waals surface area contributed by atoms with Gasteiger partial charge in [0.15, 0.2) is 6.61 Å². The van der Waals surface area contributed by atoms with Crippen molar-refractivity contribution in [2.45, 2.75) is 30.0 Å². The van der Waals surface area contributed by atoms with Crippen LogP contribution in [0.4, 0.5) is 5.69 Å². The van der Waals surface area contributed by atoms with Gasteiger partial charge in [0.2, 0.25) is 5.90 Å². The summed E-state index contributed by atoms with van der Waals surface area (Å²) in [6.45, 7) is 5.40. The van der Waals surface area contributed by atoms with Crippen LogP contribution >= 0.6 is 35.8 Å². The van der Waals surface area contributed by atoms with Crippen LogP contribution in [-0.4, -0.2) is 65.9 Å². The van der Waals surface area contributed by atoms with Gasteiger partial charge in [-0.3, -0.25) is 14.5 Å². The summed E-state index contributed by atoms with van der Waals surface area (Å²) in [6, 6.07) is 14.8. The number of carboxylic acids is 1. The molecule has 8 nitrogen and oxygen atoms in total. The molecule has 0 aromatic heterocycles. The number of hydrogen-bond donors (Lipinski definition) is 1. The quantitative estimate of drug-likeness (QED) is 0.417. The molecule has 0 aliphatic carbocycles. The summed E-state index contributed by atoms with van der Waals surface area (Å²) in [5.74, 6) is -0.705. The van der Waals surface area contributed by atoms with Crippen LogP contribution in [0.5, 0.6) is 0 Å². The molecule has 3 rings (SSSR count). The number of rotatable bonds is 11. The van der Waals surface area contributed by atoms with E-state index in [-0.39, 0.29) is 24.9 Å². The Balaban J connectivity index is 0.00000432. The zero-order valence-corrected chi connectivity index (χ0v) is 22.2. The molecule has 1 heterocycles. The van der Waals surface area contributed by atoms with E-state index in [1.165, 1.54) is 16.8 Å². The first-order valence-electron chi connectivity index (χ1n) is 10.7.